The highest BCUT2D eigenvalue weighted by Crippen LogP contribution is 2.22. The molecule has 4 nitrogen and oxygen atoms in total. The van der Waals surface area contributed by atoms with Gasteiger partial charge in [-0.25, -0.2) is 0 Å². The lowest BCUT2D eigenvalue weighted by atomic mass is 9.93. The molecule has 2 aliphatic heterocycles. The van der Waals surface area contributed by atoms with Crippen molar-refractivity contribution in [2.24, 2.45) is 5.92 Å². The second kappa shape index (κ2) is 8.74. The van der Waals surface area contributed by atoms with Gasteiger partial charge in [-0.3, -0.25) is 9.69 Å². The molecule has 2 heterocycles. The Kier molecular flexibility index (Phi) is 6.97. The number of hydrogen-bond acceptors (Lipinski definition) is 3. The third-order valence-electron chi connectivity index (χ3n) is 5.27. The maximum atomic E-state index is 12.7. The van der Waals surface area contributed by atoms with E-state index in [0.29, 0.717) is 5.91 Å². The average Bonchev–Trinajstić information content (AvgIpc) is 2.81. The van der Waals surface area contributed by atoms with Gasteiger partial charge in [0.1, 0.15) is 0 Å². The summed E-state index contributed by atoms with van der Waals surface area (Å²) in [4.78, 5) is 17.2. The van der Waals surface area contributed by atoms with Gasteiger partial charge in [-0.2, -0.15) is 0 Å². The van der Waals surface area contributed by atoms with Crippen LogP contribution in [0.25, 0.3) is 0 Å². The molecule has 4 heteroatoms. The van der Waals surface area contributed by atoms with Gasteiger partial charge >= 0.3 is 0 Å². The average molecular weight is 295 g/mol. The Balaban J connectivity index is 1.77. The van der Waals surface area contributed by atoms with Crippen LogP contribution in [0.5, 0.6) is 0 Å². The van der Waals surface area contributed by atoms with Crippen molar-refractivity contribution in [3.63, 3.8) is 0 Å². The normalized spacial score (nSPS) is 23.8. The number of nitrogens with zero attached hydrogens (tertiary/aromatic N) is 2. The predicted molar refractivity (Wildman–Crippen MR) is 87.4 cm³/mol. The van der Waals surface area contributed by atoms with Gasteiger partial charge in [-0.1, -0.05) is 12.8 Å². The van der Waals surface area contributed by atoms with Gasteiger partial charge < -0.3 is 10.2 Å². The number of rotatable bonds is 5. The summed E-state index contributed by atoms with van der Waals surface area (Å²) >= 11 is 0. The largest absolute Gasteiger partial charge is 0.341 e. The molecule has 1 N–H and O–H groups in total. The molecule has 2 rings (SSSR count). The van der Waals surface area contributed by atoms with Gasteiger partial charge in [0.2, 0.25) is 5.91 Å². The Bertz CT molecular complexity index is 305. The molecule has 0 aromatic heterocycles. The van der Waals surface area contributed by atoms with Crippen molar-refractivity contribution >= 4 is 5.91 Å². The lowest BCUT2D eigenvalue weighted by molar-refractivity contribution is -0.137. The minimum atomic E-state index is 0.0805. The van der Waals surface area contributed by atoms with Crippen LogP contribution in [0.15, 0.2) is 0 Å². The summed E-state index contributed by atoms with van der Waals surface area (Å²) in [7, 11) is 2.02. The van der Waals surface area contributed by atoms with Crippen molar-refractivity contribution in [3.8, 4) is 0 Å². The number of likely N-dealkylation sites (tertiary alicyclic amines) is 2. The molecule has 1 amide bonds. The second-order valence-electron chi connectivity index (χ2n) is 6.79. The molecular weight excluding hydrogens is 262 g/mol. The number of hydrogen-bond donors (Lipinski definition) is 1. The van der Waals surface area contributed by atoms with E-state index >= 15 is 0 Å². The van der Waals surface area contributed by atoms with E-state index in [0.717, 1.165) is 38.6 Å². The molecule has 1 unspecified atom stereocenters. The quantitative estimate of drug-likeness (QED) is 0.844. The molecule has 2 aliphatic rings. The van der Waals surface area contributed by atoms with Crippen LogP contribution in [0, 0.1) is 5.92 Å². The fourth-order valence-corrected chi connectivity index (χ4v) is 3.69. The van der Waals surface area contributed by atoms with Crippen molar-refractivity contribution in [2.75, 3.05) is 39.8 Å². The summed E-state index contributed by atoms with van der Waals surface area (Å²) in [5.74, 6) is 1.17. The van der Waals surface area contributed by atoms with Crippen molar-refractivity contribution in [3.05, 3.63) is 0 Å². The van der Waals surface area contributed by atoms with Gasteiger partial charge in [-0.15, -0.1) is 0 Å². The number of nitrogens with one attached hydrogen (secondary N) is 1. The van der Waals surface area contributed by atoms with Crippen molar-refractivity contribution in [1.29, 1.82) is 0 Å². The summed E-state index contributed by atoms with van der Waals surface area (Å²) in [5, 5.41) is 3.23. The van der Waals surface area contributed by atoms with Crippen LogP contribution in [0.4, 0.5) is 0 Å². The number of carbonyl (C=O) groups excluding carboxylic acids is 1. The highest BCUT2D eigenvalue weighted by Gasteiger charge is 2.29. The fraction of sp³-hybridized carbons (Fsp3) is 0.941. The first-order chi connectivity index (χ1) is 10.2. The predicted octanol–water partition coefficient (Wildman–Crippen LogP) is 2.10. The summed E-state index contributed by atoms with van der Waals surface area (Å²) in [5.41, 5.74) is 0. The van der Waals surface area contributed by atoms with Gasteiger partial charge in [0, 0.05) is 13.1 Å². The third kappa shape index (κ3) is 4.96. The van der Waals surface area contributed by atoms with Crippen LogP contribution >= 0.6 is 0 Å². The van der Waals surface area contributed by atoms with Crippen LogP contribution in [0.3, 0.4) is 0 Å². The van der Waals surface area contributed by atoms with Crippen LogP contribution in [0.2, 0.25) is 0 Å². The molecule has 21 heavy (non-hydrogen) atoms. The van der Waals surface area contributed by atoms with Crippen molar-refractivity contribution in [2.45, 2.75) is 57.9 Å². The summed E-state index contributed by atoms with van der Waals surface area (Å²) in [6, 6.07) is 0.0805. The van der Waals surface area contributed by atoms with Crippen molar-refractivity contribution < 1.29 is 4.79 Å². The highest BCUT2D eigenvalue weighted by molar-refractivity contribution is 5.81. The Hall–Kier alpha value is -0.610. The summed E-state index contributed by atoms with van der Waals surface area (Å²) in [6.45, 7) is 7.34. The van der Waals surface area contributed by atoms with E-state index < -0.39 is 0 Å². The van der Waals surface area contributed by atoms with Gasteiger partial charge in [0.25, 0.3) is 0 Å². The van der Waals surface area contributed by atoms with Gasteiger partial charge in [0.05, 0.1) is 6.04 Å². The lowest BCUT2D eigenvalue weighted by Gasteiger charge is -2.36. The number of carbonyl (C=O) groups is 1. The molecule has 2 saturated heterocycles. The van der Waals surface area contributed by atoms with Gasteiger partial charge in [-0.05, 0) is 71.6 Å². The van der Waals surface area contributed by atoms with E-state index in [1.165, 1.54) is 44.9 Å². The molecule has 0 bridgehead atoms. The zero-order valence-corrected chi connectivity index (χ0v) is 13.9. The van der Waals surface area contributed by atoms with E-state index in [2.05, 4.69) is 22.0 Å². The zero-order valence-electron chi connectivity index (χ0n) is 13.9. The van der Waals surface area contributed by atoms with Gasteiger partial charge in [0.15, 0.2) is 0 Å². The highest BCUT2D eigenvalue weighted by atomic mass is 16.2. The summed E-state index contributed by atoms with van der Waals surface area (Å²) < 4.78 is 0. The molecule has 0 aliphatic carbocycles. The maximum absolute atomic E-state index is 12.7. The molecule has 0 spiro atoms. The van der Waals surface area contributed by atoms with Crippen LogP contribution in [-0.2, 0) is 4.79 Å². The lowest BCUT2D eigenvalue weighted by Crippen LogP contribution is -2.49. The molecule has 2 fully saturated rings. The Morgan fingerprint density at radius 3 is 2.29 bits per heavy atom. The first-order valence-electron chi connectivity index (χ1n) is 8.90. The topological polar surface area (TPSA) is 35.6 Å². The minimum absolute atomic E-state index is 0.0805. The Morgan fingerprint density at radius 2 is 1.71 bits per heavy atom. The van der Waals surface area contributed by atoms with E-state index in [-0.39, 0.29) is 6.04 Å². The van der Waals surface area contributed by atoms with E-state index in [9.17, 15) is 4.79 Å². The molecule has 0 saturated carbocycles. The van der Waals surface area contributed by atoms with Crippen molar-refractivity contribution in [1.82, 2.24) is 15.1 Å². The second-order valence-corrected chi connectivity index (χ2v) is 6.79. The molecule has 0 radical (unpaired) electrons. The molecule has 122 valence electrons. The zero-order chi connectivity index (χ0) is 15.1. The molecule has 1 atom stereocenters. The molecule has 0 aromatic rings. The minimum Gasteiger partial charge on any atom is -0.341 e. The SMILES string of the molecule is CNCCC1CCN(C(=O)C(C)N2CCCCCC2)CC1. The first-order valence-corrected chi connectivity index (χ1v) is 8.90. The monoisotopic (exact) mass is 295 g/mol. The molecule has 0 aromatic carbocycles. The van der Waals surface area contributed by atoms with E-state index in [1.54, 1.807) is 0 Å². The number of amides is 1. The van der Waals surface area contributed by atoms with E-state index in [1.807, 2.05) is 7.05 Å². The summed E-state index contributed by atoms with van der Waals surface area (Å²) in [6.07, 6.45) is 8.77. The van der Waals surface area contributed by atoms with Crippen LogP contribution < -0.4 is 5.32 Å². The Morgan fingerprint density at radius 1 is 1.10 bits per heavy atom. The fourth-order valence-electron chi connectivity index (χ4n) is 3.69. The maximum Gasteiger partial charge on any atom is 0.239 e. The molecular formula is C17H33N3O. The Labute approximate surface area is 130 Å². The van der Waals surface area contributed by atoms with Crippen LogP contribution in [0.1, 0.15) is 51.9 Å². The first kappa shape index (κ1) is 16.8. The third-order valence-corrected chi connectivity index (χ3v) is 5.27. The smallest absolute Gasteiger partial charge is 0.239 e. The standard InChI is InChI=1S/C17H33N3O/c1-15(19-11-5-3-4-6-12-19)17(21)20-13-8-16(9-14-20)7-10-18-2/h15-16,18H,3-14H2,1-2H3. The van der Waals surface area contributed by atoms with Crippen LogP contribution in [-0.4, -0.2) is 61.5 Å². The number of piperidine rings is 1. The van der Waals surface area contributed by atoms with E-state index in [4.69, 9.17) is 0 Å².